The van der Waals surface area contributed by atoms with Crippen molar-refractivity contribution in [2.24, 2.45) is 0 Å². The third kappa shape index (κ3) is 4.29. The Balaban J connectivity index is 1.93. The second-order valence-corrected chi connectivity index (χ2v) is 13.6. The van der Waals surface area contributed by atoms with Gasteiger partial charge in [-0.15, -0.1) is 0 Å². The number of alkyl halides is 2. The van der Waals surface area contributed by atoms with E-state index in [9.17, 15) is 13.2 Å². The van der Waals surface area contributed by atoms with E-state index in [4.69, 9.17) is 4.43 Å². The molecule has 27 heavy (non-hydrogen) atoms. The lowest BCUT2D eigenvalue weighted by molar-refractivity contribution is 0.150. The van der Waals surface area contributed by atoms with Crippen molar-refractivity contribution in [2.45, 2.75) is 70.7 Å². The van der Waals surface area contributed by atoms with Gasteiger partial charge < -0.3 is 8.99 Å². The number of hydrogen-bond donors (Lipinski definition) is 0. The van der Waals surface area contributed by atoms with Crippen LogP contribution in [0, 0.1) is 5.82 Å². The average molecular weight is 397 g/mol. The van der Waals surface area contributed by atoms with Crippen molar-refractivity contribution in [1.29, 1.82) is 0 Å². The lowest BCUT2D eigenvalue weighted by Gasteiger charge is -2.36. The highest BCUT2D eigenvalue weighted by molar-refractivity contribution is 6.74. The smallest absolute Gasteiger partial charge is 0.265 e. The zero-order valence-corrected chi connectivity index (χ0v) is 17.5. The fourth-order valence-electron chi connectivity index (χ4n) is 2.66. The molecular weight excluding hydrogens is 369 g/mol. The first kappa shape index (κ1) is 20.1. The maximum Gasteiger partial charge on any atom is 0.265 e. The molecular formula is C20H27F3N2OSi. The first-order valence-electron chi connectivity index (χ1n) is 9.28. The maximum atomic E-state index is 14.5. The molecule has 1 fully saturated rings. The van der Waals surface area contributed by atoms with E-state index >= 15 is 0 Å². The number of benzene rings is 1. The number of rotatable bonds is 6. The van der Waals surface area contributed by atoms with Gasteiger partial charge in [-0.3, -0.25) is 0 Å². The van der Waals surface area contributed by atoms with Crippen molar-refractivity contribution in [3.8, 4) is 5.69 Å². The normalized spacial score (nSPS) is 15.6. The molecule has 0 N–H and O–H groups in total. The Kier molecular flexibility index (Phi) is 5.29. The second kappa shape index (κ2) is 7.09. The quantitative estimate of drug-likeness (QED) is 0.532. The van der Waals surface area contributed by atoms with Gasteiger partial charge in [0.1, 0.15) is 5.82 Å². The Hall–Kier alpha value is -1.60. The Labute approximate surface area is 159 Å². The lowest BCUT2D eigenvalue weighted by atomic mass is 10.1. The van der Waals surface area contributed by atoms with Crippen molar-refractivity contribution in [1.82, 2.24) is 9.55 Å². The summed E-state index contributed by atoms with van der Waals surface area (Å²) in [5.74, 6) is -0.238. The molecule has 148 valence electrons. The second-order valence-electron chi connectivity index (χ2n) is 8.83. The van der Waals surface area contributed by atoms with Gasteiger partial charge >= 0.3 is 0 Å². The molecule has 1 aliphatic carbocycles. The molecule has 0 amide bonds. The van der Waals surface area contributed by atoms with Gasteiger partial charge in [-0.25, -0.2) is 18.2 Å². The molecule has 1 saturated carbocycles. The largest absolute Gasteiger partial charge is 0.412 e. The molecule has 0 bridgehead atoms. The Bertz CT molecular complexity index is 823. The SMILES string of the molecule is CC(C)(C)[Si](C)(C)OCc1cc(-n2cnc(C3CC3)c2)c(C(F)F)cc1F. The van der Waals surface area contributed by atoms with Crippen molar-refractivity contribution in [3.63, 3.8) is 0 Å². The van der Waals surface area contributed by atoms with Crippen LogP contribution >= 0.6 is 0 Å². The van der Waals surface area contributed by atoms with E-state index in [2.05, 4.69) is 38.8 Å². The molecule has 0 unspecified atom stereocenters. The van der Waals surface area contributed by atoms with E-state index in [0.717, 1.165) is 24.6 Å². The number of nitrogens with zero attached hydrogens (tertiary/aromatic N) is 2. The predicted molar refractivity (Wildman–Crippen MR) is 102 cm³/mol. The first-order chi connectivity index (χ1) is 12.5. The third-order valence-electron chi connectivity index (χ3n) is 5.70. The summed E-state index contributed by atoms with van der Waals surface area (Å²) in [5, 5.41) is -0.0151. The molecule has 2 aromatic rings. The van der Waals surface area contributed by atoms with E-state index in [0.29, 0.717) is 11.5 Å². The lowest BCUT2D eigenvalue weighted by Crippen LogP contribution is -2.40. The van der Waals surface area contributed by atoms with Gasteiger partial charge in [-0.05, 0) is 43.1 Å². The molecule has 1 heterocycles. The monoisotopic (exact) mass is 396 g/mol. The van der Waals surface area contributed by atoms with Crippen molar-refractivity contribution in [3.05, 3.63) is 47.3 Å². The van der Waals surface area contributed by atoms with Crippen LogP contribution < -0.4 is 0 Å². The zero-order valence-electron chi connectivity index (χ0n) is 16.5. The first-order valence-corrected chi connectivity index (χ1v) is 12.2. The van der Waals surface area contributed by atoms with Gasteiger partial charge in [0.25, 0.3) is 6.43 Å². The highest BCUT2D eigenvalue weighted by atomic mass is 28.4. The van der Waals surface area contributed by atoms with Crippen molar-refractivity contribution < 1.29 is 17.6 Å². The van der Waals surface area contributed by atoms with Crippen LogP contribution in [0.1, 0.15) is 62.8 Å². The topological polar surface area (TPSA) is 27.1 Å². The van der Waals surface area contributed by atoms with Gasteiger partial charge in [-0.1, -0.05) is 20.8 Å². The number of halogens is 3. The molecule has 3 nitrogen and oxygen atoms in total. The van der Waals surface area contributed by atoms with Gasteiger partial charge in [-0.2, -0.15) is 0 Å². The summed E-state index contributed by atoms with van der Waals surface area (Å²) in [6.07, 6.45) is 2.69. The highest BCUT2D eigenvalue weighted by Crippen LogP contribution is 2.40. The molecule has 0 aliphatic heterocycles. The van der Waals surface area contributed by atoms with Crippen LogP contribution in [0.4, 0.5) is 13.2 Å². The molecule has 1 aromatic heterocycles. The molecule has 1 aromatic carbocycles. The molecule has 0 spiro atoms. The summed E-state index contributed by atoms with van der Waals surface area (Å²) in [6.45, 7) is 10.5. The molecule has 0 radical (unpaired) electrons. The summed E-state index contributed by atoms with van der Waals surface area (Å²) >= 11 is 0. The predicted octanol–water partition coefficient (Wildman–Crippen LogP) is 6.35. The zero-order chi connectivity index (χ0) is 20.0. The van der Waals surface area contributed by atoms with Crippen LogP contribution in [0.2, 0.25) is 18.1 Å². The van der Waals surface area contributed by atoms with Crippen LogP contribution in [0.15, 0.2) is 24.7 Å². The molecule has 0 atom stereocenters. The maximum absolute atomic E-state index is 14.5. The molecule has 0 saturated heterocycles. The van der Waals surface area contributed by atoms with Gasteiger partial charge in [0.2, 0.25) is 0 Å². The van der Waals surface area contributed by atoms with Gasteiger partial charge in [0, 0.05) is 23.2 Å². The highest BCUT2D eigenvalue weighted by Gasteiger charge is 2.37. The van der Waals surface area contributed by atoms with Crippen molar-refractivity contribution in [2.75, 3.05) is 0 Å². The Morgan fingerprint density at radius 3 is 2.48 bits per heavy atom. The number of imidazole rings is 1. The number of hydrogen-bond acceptors (Lipinski definition) is 2. The third-order valence-corrected chi connectivity index (χ3v) is 10.2. The summed E-state index contributed by atoms with van der Waals surface area (Å²) < 4.78 is 49.2. The van der Waals surface area contributed by atoms with E-state index in [1.165, 1.54) is 12.4 Å². The van der Waals surface area contributed by atoms with E-state index in [1.807, 2.05) is 0 Å². The average Bonchev–Trinajstić information content (AvgIpc) is 3.30. The minimum absolute atomic E-state index is 0.0151. The van der Waals surface area contributed by atoms with Crippen LogP contribution in [0.5, 0.6) is 0 Å². The molecule has 1 aliphatic rings. The molecule has 3 rings (SSSR count). The summed E-state index contributed by atoms with van der Waals surface area (Å²) in [6, 6.07) is 2.41. The summed E-state index contributed by atoms with van der Waals surface area (Å²) in [7, 11) is -2.08. The van der Waals surface area contributed by atoms with Crippen molar-refractivity contribution >= 4 is 8.32 Å². The minimum atomic E-state index is -2.77. The fourth-order valence-corrected chi connectivity index (χ4v) is 3.61. The Morgan fingerprint density at radius 1 is 1.26 bits per heavy atom. The van der Waals surface area contributed by atoms with E-state index in [1.54, 1.807) is 10.8 Å². The Morgan fingerprint density at radius 2 is 1.93 bits per heavy atom. The van der Waals surface area contributed by atoms with E-state index in [-0.39, 0.29) is 22.9 Å². The van der Waals surface area contributed by atoms with Crippen LogP contribution in [-0.2, 0) is 11.0 Å². The molecule has 7 heteroatoms. The van der Waals surface area contributed by atoms with Crippen LogP contribution in [0.25, 0.3) is 5.69 Å². The standard InChI is InChI=1S/C20H27F3N2OSi/c1-20(2,3)27(4,5)26-11-14-8-18(15(19(22)23)9-16(14)21)25-10-17(24-12-25)13-6-7-13/h8-10,12-13,19H,6-7,11H2,1-5H3. The summed E-state index contributed by atoms with van der Waals surface area (Å²) in [4.78, 5) is 4.32. The van der Waals surface area contributed by atoms with Gasteiger partial charge in [0.05, 0.1) is 24.3 Å². The fraction of sp³-hybridized carbons (Fsp3) is 0.550. The van der Waals surface area contributed by atoms with Gasteiger partial charge in [0.15, 0.2) is 8.32 Å². The van der Waals surface area contributed by atoms with Crippen LogP contribution in [-0.4, -0.2) is 17.9 Å². The minimum Gasteiger partial charge on any atom is -0.412 e. The van der Waals surface area contributed by atoms with Crippen LogP contribution in [0.3, 0.4) is 0 Å². The summed E-state index contributed by atoms with van der Waals surface area (Å²) in [5.41, 5.74) is 1.13. The van der Waals surface area contributed by atoms with E-state index < -0.39 is 20.6 Å². The number of aromatic nitrogens is 2.